The van der Waals surface area contributed by atoms with E-state index < -0.39 is 78.6 Å². The third kappa shape index (κ3) is 17.0. The number of amides is 5. The van der Waals surface area contributed by atoms with Crippen LogP contribution in [0.15, 0.2) is 195 Å². The summed E-state index contributed by atoms with van der Waals surface area (Å²) in [6.45, 7) is 7.52. The number of hydrogen-bond acceptors (Lipinski definition) is 28. The van der Waals surface area contributed by atoms with E-state index in [4.69, 9.17) is 28.4 Å². The van der Waals surface area contributed by atoms with Crippen molar-refractivity contribution in [3.05, 3.63) is 201 Å². The van der Waals surface area contributed by atoms with E-state index in [1.807, 2.05) is 134 Å². The minimum absolute atomic E-state index is 0.276. The summed E-state index contributed by atoms with van der Waals surface area (Å²) in [5.74, 6) is 4.72. The summed E-state index contributed by atoms with van der Waals surface area (Å²) in [6.07, 6.45) is 26.6. The third-order valence-corrected chi connectivity index (χ3v) is 27.2. The van der Waals surface area contributed by atoms with Gasteiger partial charge in [0.15, 0.2) is 91.6 Å². The number of benzene rings is 5. The molecular weight excluding hydrogens is 1770 g/mol. The Morgan fingerprint density at radius 1 is 0.346 bits per heavy atom. The monoisotopic (exact) mass is 1850 g/mol. The molecule has 14 aromatic rings. The Bertz CT molecular complexity index is 7310. The Labute approximate surface area is 751 Å². The van der Waals surface area contributed by atoms with Crippen molar-refractivity contribution in [1.82, 2.24) is 92.4 Å². The van der Waals surface area contributed by atoms with Gasteiger partial charge in [-0.1, -0.05) is 6.07 Å². The van der Waals surface area contributed by atoms with Crippen LogP contribution in [-0.2, 0) is 78.9 Å². The number of aryl methyl sites for hydroxylation is 1. The van der Waals surface area contributed by atoms with E-state index in [2.05, 4.69) is 84.9 Å². The Morgan fingerprint density at radius 2 is 0.731 bits per heavy atom. The lowest BCUT2D eigenvalue weighted by Gasteiger charge is -2.26. The SMILES string of the molecule is COc1cc(-c2cc(C)ccn2)cc2c1cnn2C1=CC(=O)NS1=O.COc1cc(-c2ccc(N3CCCC3)nc2)cc2c1cnn2C1=CC(=O)NS1=O.COc1cc(-c2ccnc(N3CCCC3)c2)cc2c1cnn2C1=CC(=O)NS1=O.COc1cc(-c2cnc3c(c2)OCCN3C)cc2c1cnn2C1=CC(=O)NS1=O.COc1cccc2c1cnn2C1=CC(=O)NS1=O. The highest BCUT2D eigenvalue weighted by atomic mass is 32.2. The number of fused-ring (bicyclic) bond motifs is 6. The van der Waals surface area contributed by atoms with Crippen LogP contribution in [0.4, 0.5) is 17.5 Å². The molecule has 0 bridgehead atoms. The smallest absolute Gasteiger partial charge is 0.258 e. The van der Waals surface area contributed by atoms with Crippen molar-refractivity contribution in [3.8, 4) is 79.1 Å². The van der Waals surface area contributed by atoms with Crippen molar-refractivity contribution in [3.63, 3.8) is 0 Å². The summed E-state index contributed by atoms with van der Waals surface area (Å²) < 4.78 is 113. The molecule has 38 nitrogen and oxygen atoms in total. The van der Waals surface area contributed by atoms with Gasteiger partial charge in [0, 0.05) is 105 Å². The molecule has 9 aromatic heterocycles. The highest BCUT2D eigenvalue weighted by Crippen LogP contribution is 2.42. The lowest BCUT2D eigenvalue weighted by molar-refractivity contribution is -0.115. The lowest BCUT2D eigenvalue weighted by atomic mass is 10.0. The van der Waals surface area contributed by atoms with Crippen LogP contribution in [0.3, 0.4) is 0 Å². The van der Waals surface area contributed by atoms with E-state index in [0.29, 0.717) is 67.0 Å². The first-order valence-electron chi connectivity index (χ1n) is 40.3. The summed E-state index contributed by atoms with van der Waals surface area (Å²) in [5.41, 5.74) is 11.7. The fraction of sp³-hybridized carbons (Fsp3) is 0.195. The van der Waals surface area contributed by atoms with Gasteiger partial charge in [-0.05, 0) is 164 Å². The topological polar surface area (TPSA) is 437 Å². The molecule has 0 saturated carbocycles. The Balaban J connectivity index is 0.000000110. The molecular formula is C87H78N22O16S5. The number of aromatic nitrogens is 14. The molecule has 0 radical (unpaired) electrons. The number of pyridine rings is 4. The second-order valence-electron chi connectivity index (χ2n) is 29.9. The molecule has 2 fully saturated rings. The number of rotatable bonds is 16. The van der Waals surface area contributed by atoms with E-state index in [-0.39, 0.29) is 16.0 Å². The molecule has 5 unspecified atom stereocenters. The zero-order valence-corrected chi connectivity index (χ0v) is 74.3. The van der Waals surface area contributed by atoms with Crippen LogP contribution >= 0.6 is 0 Å². The van der Waals surface area contributed by atoms with Gasteiger partial charge in [-0.3, -0.25) is 52.6 Å². The van der Waals surface area contributed by atoms with Crippen molar-refractivity contribution in [2.75, 3.05) is 96.6 Å². The van der Waals surface area contributed by atoms with E-state index in [0.717, 1.165) is 144 Å². The Kier molecular flexibility index (Phi) is 24.0. The average molecular weight is 1850 g/mol. The largest absolute Gasteiger partial charge is 0.496 e. The maximum atomic E-state index is 12.2. The molecule has 43 heteroatoms. The zero-order valence-electron chi connectivity index (χ0n) is 70.2. The van der Waals surface area contributed by atoms with Gasteiger partial charge in [-0.15, -0.1) is 0 Å². The second-order valence-corrected chi connectivity index (χ2v) is 35.7. The van der Waals surface area contributed by atoms with Crippen molar-refractivity contribution in [2.24, 2.45) is 0 Å². The predicted molar refractivity (Wildman–Crippen MR) is 494 cm³/mol. The van der Waals surface area contributed by atoms with Crippen LogP contribution in [0, 0.1) is 6.92 Å². The highest BCUT2D eigenvalue weighted by molar-refractivity contribution is 7.94. The number of ether oxygens (including phenoxy) is 6. The van der Waals surface area contributed by atoms with Gasteiger partial charge in [0.1, 0.15) is 47.0 Å². The average Bonchev–Trinajstić information content (AvgIpc) is 1.61. The number of nitrogens with one attached hydrogen (secondary N) is 5. The molecule has 8 aliphatic rings. The summed E-state index contributed by atoms with van der Waals surface area (Å²) in [7, 11) is 1.79. The molecule has 5 atom stereocenters. The van der Waals surface area contributed by atoms with E-state index in [1.165, 1.54) is 79.5 Å². The summed E-state index contributed by atoms with van der Waals surface area (Å²) >= 11 is 0. The van der Waals surface area contributed by atoms with Gasteiger partial charge in [0.2, 0.25) is 0 Å². The number of methoxy groups -OCH3 is 5. The van der Waals surface area contributed by atoms with Crippen molar-refractivity contribution in [2.45, 2.75) is 32.6 Å². The molecule has 5 aromatic carbocycles. The predicted octanol–water partition coefficient (Wildman–Crippen LogP) is 8.77. The first-order valence-corrected chi connectivity index (χ1v) is 46.0. The second kappa shape index (κ2) is 36.4. The third-order valence-electron chi connectivity index (χ3n) is 22.0. The van der Waals surface area contributed by atoms with Crippen LogP contribution in [0.25, 0.3) is 124 Å². The van der Waals surface area contributed by atoms with E-state index in [9.17, 15) is 45.0 Å². The van der Waals surface area contributed by atoms with Crippen molar-refractivity contribution in [1.29, 1.82) is 0 Å². The van der Waals surface area contributed by atoms with Crippen LogP contribution in [0.5, 0.6) is 34.5 Å². The first-order chi connectivity index (χ1) is 63.1. The number of anilines is 3. The molecule has 2 saturated heterocycles. The molecule has 22 rings (SSSR count). The van der Waals surface area contributed by atoms with Gasteiger partial charge in [0.25, 0.3) is 29.5 Å². The summed E-state index contributed by atoms with van der Waals surface area (Å²) in [4.78, 5) is 82.2. The fourth-order valence-corrected chi connectivity index (χ4v) is 20.0. The molecule has 5 amide bonds. The fourth-order valence-electron chi connectivity index (χ4n) is 15.7. The Morgan fingerprint density at radius 3 is 1.14 bits per heavy atom. The minimum Gasteiger partial charge on any atom is -0.496 e. The van der Waals surface area contributed by atoms with Gasteiger partial charge in [-0.25, -0.2) is 59.4 Å². The van der Waals surface area contributed by atoms with Crippen LogP contribution in [0.1, 0.15) is 31.2 Å². The normalized spacial score (nSPS) is 18.4. The van der Waals surface area contributed by atoms with Crippen LogP contribution in [0.2, 0.25) is 0 Å². The van der Waals surface area contributed by atoms with Crippen LogP contribution < -0.4 is 66.7 Å². The van der Waals surface area contributed by atoms with Crippen molar-refractivity contribution < 1.29 is 73.4 Å². The first kappa shape index (κ1) is 85.8. The molecule has 17 heterocycles. The molecule has 5 N–H and O–H groups in total. The number of likely N-dealkylation sites (N-methyl/N-ethyl adjacent to an activating group) is 1. The Hall–Kier alpha value is -15.0. The van der Waals surface area contributed by atoms with E-state index >= 15 is 0 Å². The molecule has 8 aliphatic heterocycles. The van der Waals surface area contributed by atoms with Gasteiger partial charge >= 0.3 is 0 Å². The maximum Gasteiger partial charge on any atom is 0.258 e. The van der Waals surface area contributed by atoms with Crippen LogP contribution in [-0.4, -0.2) is 201 Å². The lowest BCUT2D eigenvalue weighted by Crippen LogP contribution is -2.29. The zero-order chi connectivity index (χ0) is 90.3. The molecule has 662 valence electrons. The highest BCUT2D eigenvalue weighted by Gasteiger charge is 2.32. The number of carbonyl (C=O) groups excluding carboxylic acids is 5. The summed E-state index contributed by atoms with van der Waals surface area (Å²) in [6, 6.07) is 34.8. The molecule has 0 aliphatic carbocycles. The number of nitrogens with zero attached hydrogens (tertiary/aromatic N) is 17. The van der Waals surface area contributed by atoms with E-state index in [1.54, 1.807) is 78.9 Å². The number of carbonyl (C=O) groups is 5. The standard InChI is InChI=1S/2C20H19N5O3S.C19H17N5O4S.C17H14N4O3S.C11H9N3O3S/c1-28-17-9-14(13-4-5-18(21-11-13)24-6-2-3-7-24)8-16-15(17)12-22-25(16)20-10-19(26)23-29(20)27;1-28-17-9-14(13-4-5-21-18(10-13)24-6-2-3-7-24)8-16-15(17)12-22-25(16)20-11-19(26)23-29(20)27;1-23-3-4-28-16-7-12(9-20-19(16)23)11-5-14-13(15(6-11)27-2)10-21-24(14)18-8-17(25)22-29(18)26;1-10-3-4-18-13(5-10)11-6-14-12(15(7-11)24-2)9-19-21(14)17-8-16(22)20-25(17)23;1-17-9-4-2-3-8-7(9)6-12-14(8)11-5-10(15)13-18(11)16/h2*4-5,8-12H,2-3,6-7H2,1H3,(H,23,26);5-10H,3-4H2,1-2H3,(H,22,25);3-9H,1-2H3,(H,20,22);2-6H,1H3,(H,13,15). The van der Waals surface area contributed by atoms with Gasteiger partial charge < -0.3 is 43.1 Å². The quantitative estimate of drug-likeness (QED) is 0.0603. The maximum absolute atomic E-state index is 12.2. The number of hydrogen-bond donors (Lipinski definition) is 5. The van der Waals surface area contributed by atoms with Gasteiger partial charge in [0.05, 0.1) is 133 Å². The molecule has 0 spiro atoms. The summed E-state index contributed by atoms with van der Waals surface area (Å²) in [5, 5.41) is 26.8. The van der Waals surface area contributed by atoms with Gasteiger partial charge in [-0.2, -0.15) is 25.5 Å². The van der Waals surface area contributed by atoms with Crippen molar-refractivity contribution >= 4 is 182 Å². The minimum atomic E-state index is -1.66. The molecule has 130 heavy (non-hydrogen) atoms.